The van der Waals surface area contributed by atoms with Crippen molar-refractivity contribution in [1.82, 2.24) is 4.98 Å². The Morgan fingerprint density at radius 3 is 2.64 bits per heavy atom. The van der Waals surface area contributed by atoms with Crippen LogP contribution < -0.4 is 10.2 Å². The molecular formula is C18H13BrClNO4. The van der Waals surface area contributed by atoms with Crippen molar-refractivity contribution in [2.45, 2.75) is 6.92 Å². The molecule has 0 spiro atoms. The van der Waals surface area contributed by atoms with E-state index in [1.54, 1.807) is 43.3 Å². The minimum atomic E-state index is -0.659. The number of carbonyl (C=O) groups excluding carboxylic acids is 1. The van der Waals surface area contributed by atoms with Crippen molar-refractivity contribution < 1.29 is 14.3 Å². The molecule has 3 rings (SSSR count). The number of fused-ring (bicyclic) bond motifs is 1. The first-order chi connectivity index (χ1) is 12.0. The molecule has 0 atom stereocenters. The van der Waals surface area contributed by atoms with Crippen LogP contribution in [0.2, 0.25) is 5.02 Å². The highest BCUT2D eigenvalue weighted by Gasteiger charge is 2.16. The fraction of sp³-hybridized carbons (Fsp3) is 0.111. The quantitative estimate of drug-likeness (QED) is 0.606. The predicted octanol–water partition coefficient (Wildman–Crippen LogP) is 4.91. The molecule has 0 unspecified atom stereocenters. The summed E-state index contributed by atoms with van der Waals surface area (Å²) in [5.41, 5.74) is 0.114. The Labute approximate surface area is 156 Å². The maximum absolute atomic E-state index is 12.6. The zero-order valence-electron chi connectivity index (χ0n) is 13.1. The lowest BCUT2D eigenvalue weighted by Gasteiger charge is -2.10. The van der Waals surface area contributed by atoms with E-state index >= 15 is 0 Å². The van der Waals surface area contributed by atoms with Crippen molar-refractivity contribution in [3.8, 4) is 11.5 Å². The molecule has 0 saturated carbocycles. The van der Waals surface area contributed by atoms with E-state index in [-0.39, 0.29) is 12.2 Å². The van der Waals surface area contributed by atoms with Gasteiger partial charge in [0, 0.05) is 11.2 Å². The summed E-state index contributed by atoms with van der Waals surface area (Å²) in [6, 6.07) is 10.2. The van der Waals surface area contributed by atoms with Gasteiger partial charge in [-0.15, -0.1) is 0 Å². The van der Waals surface area contributed by atoms with E-state index in [2.05, 4.69) is 20.9 Å². The van der Waals surface area contributed by atoms with Crippen molar-refractivity contribution in [2.75, 3.05) is 6.61 Å². The number of esters is 1. The van der Waals surface area contributed by atoms with Crippen molar-refractivity contribution in [3.05, 3.63) is 67.9 Å². The van der Waals surface area contributed by atoms with E-state index in [9.17, 15) is 9.59 Å². The molecule has 0 fully saturated rings. The minimum Gasteiger partial charge on any atom is -0.462 e. The van der Waals surface area contributed by atoms with E-state index in [1.165, 1.54) is 6.20 Å². The Morgan fingerprint density at radius 2 is 1.96 bits per heavy atom. The van der Waals surface area contributed by atoms with Gasteiger partial charge >= 0.3 is 5.97 Å². The zero-order valence-corrected chi connectivity index (χ0v) is 15.5. The lowest BCUT2D eigenvalue weighted by Crippen LogP contribution is -2.18. The second-order valence-corrected chi connectivity index (χ2v) is 6.43. The summed E-state index contributed by atoms with van der Waals surface area (Å²) in [4.78, 5) is 27.4. The van der Waals surface area contributed by atoms with Crippen LogP contribution in [0.25, 0.3) is 10.9 Å². The fourth-order valence-electron chi connectivity index (χ4n) is 2.29. The molecule has 0 aliphatic heterocycles. The number of pyridine rings is 1. The summed E-state index contributed by atoms with van der Waals surface area (Å²) in [5, 5.41) is 0.929. The molecule has 7 heteroatoms. The SMILES string of the molecule is CCOC(=O)c1c[nH]c2cc(Br)c(Oc3ccc(Cl)cc3)cc2c1=O. The number of hydrogen-bond donors (Lipinski definition) is 1. The molecule has 0 radical (unpaired) electrons. The first kappa shape index (κ1) is 17.5. The van der Waals surface area contributed by atoms with Gasteiger partial charge in [-0.2, -0.15) is 0 Å². The molecule has 1 heterocycles. The molecule has 0 saturated heterocycles. The summed E-state index contributed by atoms with van der Waals surface area (Å²) in [6.07, 6.45) is 1.36. The van der Waals surface area contributed by atoms with Gasteiger partial charge in [0.1, 0.15) is 17.1 Å². The van der Waals surface area contributed by atoms with Crippen molar-refractivity contribution in [2.24, 2.45) is 0 Å². The molecule has 1 aromatic heterocycles. The summed E-state index contributed by atoms with van der Waals surface area (Å²) in [6.45, 7) is 1.88. The van der Waals surface area contributed by atoms with E-state index in [0.29, 0.717) is 31.9 Å². The number of nitrogens with one attached hydrogen (secondary N) is 1. The van der Waals surface area contributed by atoms with Gasteiger partial charge in [0.25, 0.3) is 0 Å². The van der Waals surface area contributed by atoms with Crippen LogP contribution in [0.1, 0.15) is 17.3 Å². The largest absolute Gasteiger partial charge is 0.462 e. The van der Waals surface area contributed by atoms with Crippen LogP contribution in [0.4, 0.5) is 0 Å². The highest BCUT2D eigenvalue weighted by atomic mass is 79.9. The Kier molecular flexibility index (Phi) is 5.11. The highest BCUT2D eigenvalue weighted by Crippen LogP contribution is 2.32. The maximum atomic E-state index is 12.6. The zero-order chi connectivity index (χ0) is 18.0. The second kappa shape index (κ2) is 7.29. The number of halogens is 2. The summed E-state index contributed by atoms with van der Waals surface area (Å²) < 4.78 is 11.4. The molecule has 0 aliphatic carbocycles. The van der Waals surface area contributed by atoms with Crippen LogP contribution in [0.15, 0.2) is 51.9 Å². The van der Waals surface area contributed by atoms with Gasteiger partial charge < -0.3 is 14.5 Å². The lowest BCUT2D eigenvalue weighted by atomic mass is 10.1. The Balaban J connectivity index is 2.06. The van der Waals surface area contributed by atoms with Crippen molar-refractivity contribution in [3.63, 3.8) is 0 Å². The molecule has 0 bridgehead atoms. The third-order valence-corrected chi connectivity index (χ3v) is 4.34. The standard InChI is InChI=1S/C18H13BrClNO4/c1-2-24-18(23)13-9-21-15-8-14(19)16(7-12(15)17(13)22)25-11-5-3-10(20)4-6-11/h3-9H,2H2,1H3,(H,21,22). The van der Waals surface area contributed by atoms with Crippen LogP contribution in [-0.2, 0) is 4.74 Å². The average Bonchev–Trinajstić information content (AvgIpc) is 2.58. The number of aromatic amines is 1. The normalized spacial score (nSPS) is 10.7. The molecule has 1 N–H and O–H groups in total. The maximum Gasteiger partial charge on any atom is 0.343 e. The van der Waals surface area contributed by atoms with Gasteiger partial charge in [-0.05, 0) is 59.3 Å². The number of benzene rings is 2. The highest BCUT2D eigenvalue weighted by molar-refractivity contribution is 9.10. The van der Waals surface area contributed by atoms with Gasteiger partial charge in [0.15, 0.2) is 0 Å². The summed E-state index contributed by atoms with van der Waals surface area (Å²) in [7, 11) is 0. The molecule has 0 aliphatic rings. The molecule has 5 nitrogen and oxygen atoms in total. The van der Waals surface area contributed by atoms with Gasteiger partial charge in [-0.25, -0.2) is 4.79 Å². The summed E-state index contributed by atoms with van der Waals surface area (Å²) >= 11 is 9.29. The summed E-state index contributed by atoms with van der Waals surface area (Å²) in [5.74, 6) is 0.359. The third-order valence-electron chi connectivity index (χ3n) is 3.47. The molecule has 128 valence electrons. The lowest BCUT2D eigenvalue weighted by molar-refractivity contribution is 0.0524. The molecule has 3 aromatic rings. The number of ether oxygens (including phenoxy) is 2. The van der Waals surface area contributed by atoms with Gasteiger partial charge in [0.2, 0.25) is 5.43 Å². The van der Waals surface area contributed by atoms with Gasteiger partial charge in [-0.3, -0.25) is 4.79 Å². The Bertz CT molecular complexity index is 998. The topological polar surface area (TPSA) is 68.4 Å². The fourth-order valence-corrected chi connectivity index (χ4v) is 2.84. The van der Waals surface area contributed by atoms with Crippen LogP contribution >= 0.6 is 27.5 Å². The monoisotopic (exact) mass is 421 g/mol. The number of hydrogen-bond acceptors (Lipinski definition) is 4. The minimum absolute atomic E-state index is 0.0471. The average molecular weight is 423 g/mol. The second-order valence-electron chi connectivity index (χ2n) is 5.14. The van der Waals surface area contributed by atoms with E-state index in [0.717, 1.165) is 0 Å². The number of H-pyrrole nitrogens is 1. The molecule has 25 heavy (non-hydrogen) atoms. The number of carbonyl (C=O) groups is 1. The van der Waals surface area contributed by atoms with Crippen molar-refractivity contribution in [1.29, 1.82) is 0 Å². The first-order valence-corrected chi connectivity index (χ1v) is 8.62. The molecule has 0 amide bonds. The smallest absolute Gasteiger partial charge is 0.343 e. The molecular weight excluding hydrogens is 410 g/mol. The van der Waals surface area contributed by atoms with Crippen LogP contribution in [-0.4, -0.2) is 17.6 Å². The number of rotatable bonds is 4. The van der Waals surface area contributed by atoms with Crippen LogP contribution in [0.3, 0.4) is 0 Å². The Hall–Kier alpha value is -2.31. The van der Waals surface area contributed by atoms with Crippen LogP contribution in [0.5, 0.6) is 11.5 Å². The van der Waals surface area contributed by atoms with E-state index in [1.807, 2.05) is 0 Å². The van der Waals surface area contributed by atoms with E-state index in [4.69, 9.17) is 21.1 Å². The van der Waals surface area contributed by atoms with E-state index < -0.39 is 11.4 Å². The van der Waals surface area contributed by atoms with Crippen LogP contribution in [0, 0.1) is 0 Å². The van der Waals surface area contributed by atoms with Crippen molar-refractivity contribution >= 4 is 44.4 Å². The van der Waals surface area contributed by atoms with Gasteiger partial charge in [0.05, 0.1) is 22.0 Å². The first-order valence-electron chi connectivity index (χ1n) is 7.45. The number of aromatic nitrogens is 1. The Morgan fingerprint density at radius 1 is 1.24 bits per heavy atom. The van der Waals surface area contributed by atoms with Gasteiger partial charge in [-0.1, -0.05) is 11.6 Å². The third kappa shape index (κ3) is 3.70. The molecule has 2 aromatic carbocycles. The predicted molar refractivity (Wildman–Crippen MR) is 99.8 cm³/mol.